The van der Waals surface area contributed by atoms with Crippen molar-refractivity contribution in [2.24, 2.45) is 0 Å². The molecule has 1 amide bonds. The standard InChI is InChI=1S/C24H20ClNO5/c1-28-22-13-23(29-2)20(12-19(22)25)26-24(27)21-10-9-18(31-21)14-30-17-8-7-15-5-3-4-6-16(15)11-17/h3-13H,14H2,1-2H3,(H,26,27). The summed E-state index contributed by atoms with van der Waals surface area (Å²) in [5, 5.41) is 5.32. The molecular weight excluding hydrogens is 418 g/mol. The Labute approximate surface area is 184 Å². The lowest BCUT2D eigenvalue weighted by atomic mass is 10.1. The maximum absolute atomic E-state index is 12.6. The van der Waals surface area contributed by atoms with Crippen LogP contribution in [0, 0.1) is 0 Å². The minimum atomic E-state index is -0.434. The zero-order chi connectivity index (χ0) is 21.8. The van der Waals surface area contributed by atoms with Crippen molar-refractivity contribution in [1.29, 1.82) is 0 Å². The molecule has 0 unspecified atom stereocenters. The Kier molecular flexibility index (Phi) is 6.00. The third-order valence-corrected chi connectivity index (χ3v) is 5.00. The van der Waals surface area contributed by atoms with Crippen LogP contribution in [0.15, 0.2) is 71.1 Å². The molecule has 0 atom stereocenters. The van der Waals surface area contributed by atoms with Gasteiger partial charge < -0.3 is 23.9 Å². The SMILES string of the molecule is COc1cc(OC)c(NC(=O)c2ccc(COc3ccc4ccccc4c3)o2)cc1Cl. The molecule has 1 aromatic heterocycles. The fourth-order valence-electron chi connectivity index (χ4n) is 3.13. The maximum Gasteiger partial charge on any atom is 0.291 e. The Morgan fingerprint density at radius 1 is 0.935 bits per heavy atom. The number of amides is 1. The molecule has 0 aliphatic carbocycles. The topological polar surface area (TPSA) is 69.9 Å². The van der Waals surface area contributed by atoms with Crippen LogP contribution in [0.3, 0.4) is 0 Å². The van der Waals surface area contributed by atoms with Crippen molar-refractivity contribution in [2.75, 3.05) is 19.5 Å². The number of carbonyl (C=O) groups is 1. The molecule has 6 nitrogen and oxygen atoms in total. The van der Waals surface area contributed by atoms with Gasteiger partial charge in [-0.2, -0.15) is 0 Å². The third kappa shape index (κ3) is 4.59. The first kappa shape index (κ1) is 20.6. The minimum absolute atomic E-state index is 0.145. The van der Waals surface area contributed by atoms with Gasteiger partial charge in [-0.25, -0.2) is 0 Å². The number of rotatable bonds is 7. The highest BCUT2D eigenvalue weighted by Crippen LogP contribution is 2.36. The first-order chi connectivity index (χ1) is 15.1. The number of anilines is 1. The Morgan fingerprint density at radius 2 is 1.71 bits per heavy atom. The van der Waals surface area contributed by atoms with Crippen LogP contribution in [-0.2, 0) is 6.61 Å². The van der Waals surface area contributed by atoms with E-state index in [2.05, 4.69) is 5.32 Å². The van der Waals surface area contributed by atoms with Crippen molar-refractivity contribution in [3.05, 3.63) is 83.3 Å². The van der Waals surface area contributed by atoms with E-state index in [1.54, 1.807) is 24.3 Å². The van der Waals surface area contributed by atoms with Crippen LogP contribution >= 0.6 is 11.6 Å². The number of hydrogen-bond donors (Lipinski definition) is 1. The van der Waals surface area contributed by atoms with Gasteiger partial charge in [0.2, 0.25) is 0 Å². The molecule has 0 spiro atoms. The van der Waals surface area contributed by atoms with Gasteiger partial charge in [0.25, 0.3) is 5.91 Å². The average molecular weight is 438 g/mol. The molecule has 0 saturated heterocycles. The van der Waals surface area contributed by atoms with Crippen molar-refractivity contribution in [2.45, 2.75) is 6.61 Å². The van der Waals surface area contributed by atoms with E-state index < -0.39 is 5.91 Å². The Balaban J connectivity index is 1.43. The van der Waals surface area contributed by atoms with E-state index in [0.717, 1.165) is 16.5 Å². The highest BCUT2D eigenvalue weighted by molar-refractivity contribution is 6.32. The molecular formula is C24H20ClNO5. The number of benzene rings is 3. The quantitative estimate of drug-likeness (QED) is 0.387. The number of fused-ring (bicyclic) bond motifs is 1. The number of furan rings is 1. The van der Waals surface area contributed by atoms with E-state index in [1.807, 2.05) is 42.5 Å². The maximum atomic E-state index is 12.6. The van der Waals surface area contributed by atoms with Crippen LogP contribution < -0.4 is 19.5 Å². The van der Waals surface area contributed by atoms with E-state index in [9.17, 15) is 4.79 Å². The predicted molar refractivity (Wildman–Crippen MR) is 119 cm³/mol. The van der Waals surface area contributed by atoms with Crippen molar-refractivity contribution >= 4 is 34.0 Å². The van der Waals surface area contributed by atoms with E-state index in [1.165, 1.54) is 14.2 Å². The number of halogens is 1. The van der Waals surface area contributed by atoms with Crippen molar-refractivity contribution < 1.29 is 23.4 Å². The van der Waals surface area contributed by atoms with Gasteiger partial charge in [0.1, 0.15) is 29.6 Å². The van der Waals surface area contributed by atoms with Crippen LogP contribution in [0.4, 0.5) is 5.69 Å². The zero-order valence-corrected chi connectivity index (χ0v) is 17.7. The van der Waals surface area contributed by atoms with Crippen LogP contribution in [0.1, 0.15) is 16.3 Å². The van der Waals surface area contributed by atoms with Gasteiger partial charge in [-0.3, -0.25) is 4.79 Å². The van der Waals surface area contributed by atoms with Gasteiger partial charge in [-0.1, -0.05) is 41.9 Å². The van der Waals surface area contributed by atoms with Gasteiger partial charge in [0.15, 0.2) is 5.76 Å². The number of carbonyl (C=O) groups excluding carboxylic acids is 1. The van der Waals surface area contributed by atoms with E-state index in [0.29, 0.717) is 28.0 Å². The lowest BCUT2D eigenvalue weighted by Gasteiger charge is -2.12. The monoisotopic (exact) mass is 437 g/mol. The number of hydrogen-bond acceptors (Lipinski definition) is 5. The van der Waals surface area contributed by atoms with Crippen LogP contribution in [0.5, 0.6) is 17.2 Å². The minimum Gasteiger partial charge on any atom is -0.495 e. The Hall–Kier alpha value is -3.64. The van der Waals surface area contributed by atoms with E-state index in [-0.39, 0.29) is 12.4 Å². The normalized spacial score (nSPS) is 10.7. The van der Waals surface area contributed by atoms with Gasteiger partial charge in [0, 0.05) is 6.07 Å². The van der Waals surface area contributed by atoms with Gasteiger partial charge >= 0.3 is 0 Å². The summed E-state index contributed by atoms with van der Waals surface area (Å²) < 4.78 is 21.9. The second kappa shape index (κ2) is 9.02. The first-order valence-electron chi connectivity index (χ1n) is 9.50. The van der Waals surface area contributed by atoms with Crippen molar-refractivity contribution in [3.8, 4) is 17.2 Å². The number of nitrogens with one attached hydrogen (secondary N) is 1. The smallest absolute Gasteiger partial charge is 0.291 e. The summed E-state index contributed by atoms with van der Waals surface area (Å²) in [6.07, 6.45) is 0. The molecule has 0 saturated carbocycles. The molecule has 0 aliphatic rings. The van der Waals surface area contributed by atoms with Crippen molar-refractivity contribution in [3.63, 3.8) is 0 Å². The van der Waals surface area contributed by atoms with Crippen LogP contribution in [-0.4, -0.2) is 20.1 Å². The lowest BCUT2D eigenvalue weighted by molar-refractivity contribution is 0.0992. The molecule has 0 fully saturated rings. The van der Waals surface area contributed by atoms with Crippen LogP contribution in [0.2, 0.25) is 5.02 Å². The zero-order valence-electron chi connectivity index (χ0n) is 17.0. The summed E-state index contributed by atoms with van der Waals surface area (Å²) in [4.78, 5) is 12.6. The molecule has 0 radical (unpaired) electrons. The molecule has 158 valence electrons. The Bertz CT molecular complexity index is 1230. The van der Waals surface area contributed by atoms with Gasteiger partial charge in [-0.05, 0) is 41.1 Å². The molecule has 4 aromatic rings. The van der Waals surface area contributed by atoms with Crippen molar-refractivity contribution in [1.82, 2.24) is 0 Å². The van der Waals surface area contributed by atoms with E-state index in [4.69, 9.17) is 30.2 Å². The van der Waals surface area contributed by atoms with E-state index >= 15 is 0 Å². The summed E-state index contributed by atoms with van der Waals surface area (Å²) in [6, 6.07) is 20.4. The van der Waals surface area contributed by atoms with Gasteiger partial charge in [-0.15, -0.1) is 0 Å². The molecule has 4 rings (SSSR count). The predicted octanol–water partition coefficient (Wildman–Crippen LogP) is 5.93. The number of methoxy groups -OCH3 is 2. The Morgan fingerprint density at radius 3 is 2.48 bits per heavy atom. The fraction of sp³-hybridized carbons (Fsp3) is 0.125. The lowest BCUT2D eigenvalue weighted by Crippen LogP contribution is -2.12. The largest absolute Gasteiger partial charge is 0.495 e. The molecule has 1 heterocycles. The summed E-state index contributed by atoms with van der Waals surface area (Å²) in [5.41, 5.74) is 0.406. The second-order valence-electron chi connectivity index (χ2n) is 6.70. The second-order valence-corrected chi connectivity index (χ2v) is 7.11. The molecule has 0 aliphatic heterocycles. The molecule has 7 heteroatoms. The number of ether oxygens (including phenoxy) is 3. The first-order valence-corrected chi connectivity index (χ1v) is 9.88. The van der Waals surface area contributed by atoms with Crippen LogP contribution in [0.25, 0.3) is 10.8 Å². The molecule has 1 N–H and O–H groups in total. The fourth-order valence-corrected chi connectivity index (χ4v) is 3.37. The highest BCUT2D eigenvalue weighted by Gasteiger charge is 2.16. The summed E-state index contributed by atoms with van der Waals surface area (Å²) in [7, 11) is 3.00. The third-order valence-electron chi connectivity index (χ3n) is 4.71. The summed E-state index contributed by atoms with van der Waals surface area (Å²) >= 11 is 6.16. The summed E-state index contributed by atoms with van der Waals surface area (Å²) in [6.45, 7) is 0.198. The summed E-state index contributed by atoms with van der Waals surface area (Å²) in [5.74, 6) is 1.82. The molecule has 3 aromatic carbocycles. The molecule has 0 bridgehead atoms. The van der Waals surface area contributed by atoms with Gasteiger partial charge in [0.05, 0.1) is 24.9 Å². The average Bonchev–Trinajstić information content (AvgIpc) is 3.27. The molecule has 31 heavy (non-hydrogen) atoms. The highest BCUT2D eigenvalue weighted by atomic mass is 35.5.